The fourth-order valence-corrected chi connectivity index (χ4v) is 7.47. The topological polar surface area (TPSA) is 111 Å². The fourth-order valence-electron chi connectivity index (χ4n) is 6.74. The molecule has 0 bridgehead atoms. The second-order valence-electron chi connectivity index (χ2n) is 17.8. The Labute approximate surface area is 370 Å². The number of allylic oxidation sites excluding steroid dienone is 6. The number of nitrogens with zero attached hydrogens (tertiary/aromatic N) is 1. The molecule has 60 heavy (non-hydrogen) atoms. The number of quaternary nitrogens is 1. The summed E-state index contributed by atoms with van der Waals surface area (Å²) in [6, 6.07) is 0. The largest absolute Gasteiger partial charge is 0.756 e. The highest BCUT2D eigenvalue weighted by Crippen LogP contribution is 2.38. The van der Waals surface area contributed by atoms with E-state index >= 15 is 0 Å². The lowest BCUT2D eigenvalue weighted by Crippen LogP contribution is -2.37. The molecule has 0 rings (SSSR count). The van der Waals surface area contributed by atoms with Gasteiger partial charge in [0.15, 0.2) is 6.10 Å². The van der Waals surface area contributed by atoms with E-state index in [1.807, 2.05) is 21.1 Å². The van der Waals surface area contributed by atoms with Gasteiger partial charge >= 0.3 is 11.9 Å². The Kier molecular flexibility index (Phi) is 41.3. The van der Waals surface area contributed by atoms with Crippen LogP contribution in [-0.2, 0) is 32.7 Å². The number of hydrogen-bond donors (Lipinski definition) is 0. The van der Waals surface area contributed by atoms with Crippen molar-refractivity contribution in [3.8, 4) is 0 Å². The van der Waals surface area contributed by atoms with Crippen LogP contribution in [-0.4, -0.2) is 70.0 Å². The quantitative estimate of drug-likeness (QED) is 0.0196. The Morgan fingerprint density at radius 1 is 0.517 bits per heavy atom. The smallest absolute Gasteiger partial charge is 0.306 e. The summed E-state index contributed by atoms with van der Waals surface area (Å²) in [7, 11) is 1.16. The average Bonchev–Trinajstić information content (AvgIpc) is 3.20. The van der Waals surface area contributed by atoms with Gasteiger partial charge in [0.2, 0.25) is 0 Å². The second-order valence-corrected chi connectivity index (χ2v) is 19.2. The monoisotopic (exact) mass is 868 g/mol. The molecule has 0 aromatic carbocycles. The van der Waals surface area contributed by atoms with E-state index in [9.17, 15) is 19.0 Å². The van der Waals surface area contributed by atoms with E-state index in [0.29, 0.717) is 17.4 Å². The predicted molar refractivity (Wildman–Crippen MR) is 250 cm³/mol. The molecule has 0 radical (unpaired) electrons. The van der Waals surface area contributed by atoms with E-state index in [1.54, 1.807) is 0 Å². The summed E-state index contributed by atoms with van der Waals surface area (Å²) in [5.74, 6) is -0.836. The summed E-state index contributed by atoms with van der Waals surface area (Å²) in [6.45, 7) is 4.21. The average molecular weight is 868 g/mol. The van der Waals surface area contributed by atoms with Gasteiger partial charge in [0.05, 0.1) is 27.7 Å². The van der Waals surface area contributed by atoms with E-state index in [2.05, 4.69) is 50.3 Å². The summed E-state index contributed by atoms with van der Waals surface area (Å²) < 4.78 is 34.0. The summed E-state index contributed by atoms with van der Waals surface area (Å²) in [4.78, 5) is 37.7. The SMILES string of the molecule is CCCCC/C=C/C/C=C/CCCCCCCCCCCC(=O)O[C@H](COC(=O)CCCCCCCCCCC/C=C/CCCCCC)COP(=O)([O-])OCC[N+](C)(C)C. The molecule has 352 valence electrons. The third-order valence-corrected chi connectivity index (χ3v) is 11.6. The van der Waals surface area contributed by atoms with Gasteiger partial charge in [0.1, 0.15) is 19.8 Å². The lowest BCUT2D eigenvalue weighted by Gasteiger charge is -2.28. The first-order valence-corrected chi connectivity index (χ1v) is 26.2. The molecule has 0 aromatic rings. The van der Waals surface area contributed by atoms with Crippen LogP contribution in [0.25, 0.3) is 0 Å². The Hall–Kier alpha value is -1.77. The number of phosphoric ester groups is 1. The van der Waals surface area contributed by atoms with Crippen molar-refractivity contribution in [1.29, 1.82) is 0 Å². The highest BCUT2D eigenvalue weighted by molar-refractivity contribution is 7.45. The molecule has 0 aromatic heterocycles. The minimum atomic E-state index is -4.63. The normalized spacial score (nSPS) is 13.8. The van der Waals surface area contributed by atoms with Crippen molar-refractivity contribution < 1.29 is 42.1 Å². The molecule has 0 aliphatic carbocycles. The maximum atomic E-state index is 12.7. The minimum absolute atomic E-state index is 0.0317. The van der Waals surface area contributed by atoms with Crippen LogP contribution in [0.4, 0.5) is 0 Å². The minimum Gasteiger partial charge on any atom is -0.756 e. The fraction of sp³-hybridized carbons (Fsp3) is 0.840. The molecule has 0 fully saturated rings. The second kappa shape index (κ2) is 42.5. The first-order valence-electron chi connectivity index (χ1n) is 24.7. The Morgan fingerprint density at radius 2 is 0.900 bits per heavy atom. The van der Waals surface area contributed by atoms with Crippen molar-refractivity contribution in [1.82, 2.24) is 0 Å². The van der Waals surface area contributed by atoms with Crippen LogP contribution in [0.5, 0.6) is 0 Å². The highest BCUT2D eigenvalue weighted by atomic mass is 31.2. The number of esters is 2. The lowest BCUT2D eigenvalue weighted by atomic mass is 10.1. The number of ether oxygens (including phenoxy) is 2. The van der Waals surface area contributed by atoms with Crippen LogP contribution in [0.3, 0.4) is 0 Å². The van der Waals surface area contributed by atoms with Gasteiger partial charge in [0.25, 0.3) is 7.82 Å². The molecular formula is C50H94NO8P. The standard InChI is InChI=1S/C50H94NO8P/c1-6-8-10-12-14-16-18-20-22-24-25-27-29-31-33-35-37-39-41-43-50(53)59-48(47-58-60(54,55)57-45-44-51(3,4)5)46-56-49(52)42-40-38-36-34-32-30-28-26-23-21-19-17-15-13-11-9-7-2/h14,16-17,19-20,22,48H,6-13,15,18,21,23-47H2,1-5H3/b16-14+,19-17+,22-20+/t48-/m1/s1. The van der Waals surface area contributed by atoms with Gasteiger partial charge in [-0.2, -0.15) is 0 Å². The third kappa shape index (κ3) is 45.7. The van der Waals surface area contributed by atoms with Gasteiger partial charge < -0.3 is 27.9 Å². The van der Waals surface area contributed by atoms with Crippen LogP contribution in [0.1, 0.15) is 219 Å². The van der Waals surface area contributed by atoms with Crippen molar-refractivity contribution in [2.45, 2.75) is 225 Å². The van der Waals surface area contributed by atoms with Crippen LogP contribution in [0.2, 0.25) is 0 Å². The number of hydrogen-bond acceptors (Lipinski definition) is 8. The highest BCUT2D eigenvalue weighted by Gasteiger charge is 2.21. The Morgan fingerprint density at radius 3 is 1.37 bits per heavy atom. The summed E-state index contributed by atoms with van der Waals surface area (Å²) in [5, 5.41) is 0. The first-order chi connectivity index (χ1) is 29.0. The summed E-state index contributed by atoms with van der Waals surface area (Å²) in [6.07, 6.45) is 48.8. The molecule has 0 N–H and O–H groups in total. The van der Waals surface area contributed by atoms with Gasteiger partial charge in [-0.3, -0.25) is 14.2 Å². The van der Waals surface area contributed by atoms with Crippen LogP contribution < -0.4 is 4.89 Å². The molecule has 0 saturated carbocycles. The van der Waals surface area contributed by atoms with Crippen LogP contribution >= 0.6 is 7.82 Å². The number of phosphoric acid groups is 1. The van der Waals surface area contributed by atoms with Gasteiger partial charge in [-0.1, -0.05) is 172 Å². The van der Waals surface area contributed by atoms with E-state index in [-0.39, 0.29) is 32.0 Å². The maximum absolute atomic E-state index is 12.7. The van der Waals surface area contributed by atoms with E-state index in [4.69, 9.17) is 18.5 Å². The molecule has 0 aliphatic heterocycles. The zero-order valence-corrected chi connectivity index (χ0v) is 40.6. The van der Waals surface area contributed by atoms with Crippen molar-refractivity contribution in [3.05, 3.63) is 36.5 Å². The van der Waals surface area contributed by atoms with E-state index in [1.165, 1.54) is 135 Å². The zero-order valence-electron chi connectivity index (χ0n) is 39.7. The molecule has 1 unspecified atom stereocenters. The van der Waals surface area contributed by atoms with Gasteiger partial charge in [-0.25, -0.2) is 0 Å². The molecule has 0 amide bonds. The molecule has 2 atom stereocenters. The first kappa shape index (κ1) is 58.2. The number of carbonyl (C=O) groups is 2. The Bertz CT molecular complexity index is 1120. The third-order valence-electron chi connectivity index (χ3n) is 10.6. The number of carbonyl (C=O) groups excluding carboxylic acids is 2. The number of likely N-dealkylation sites (N-methyl/N-ethyl adjacent to an activating group) is 1. The number of unbranched alkanes of at least 4 members (excludes halogenated alkanes) is 25. The molecule has 0 heterocycles. The number of rotatable bonds is 45. The summed E-state index contributed by atoms with van der Waals surface area (Å²) >= 11 is 0. The molecule has 10 heteroatoms. The molecular weight excluding hydrogens is 774 g/mol. The van der Waals surface area contributed by atoms with E-state index < -0.39 is 26.5 Å². The molecule has 0 saturated heterocycles. The predicted octanol–water partition coefficient (Wildman–Crippen LogP) is 13.8. The lowest BCUT2D eigenvalue weighted by molar-refractivity contribution is -0.870. The van der Waals surface area contributed by atoms with Crippen molar-refractivity contribution >= 4 is 19.8 Å². The van der Waals surface area contributed by atoms with Gasteiger partial charge in [-0.15, -0.1) is 0 Å². The van der Waals surface area contributed by atoms with Crippen molar-refractivity contribution in [3.63, 3.8) is 0 Å². The van der Waals surface area contributed by atoms with Crippen LogP contribution in [0.15, 0.2) is 36.5 Å². The molecule has 9 nitrogen and oxygen atoms in total. The van der Waals surface area contributed by atoms with E-state index in [0.717, 1.165) is 51.4 Å². The Balaban J connectivity index is 4.28. The molecule has 0 spiro atoms. The zero-order chi connectivity index (χ0) is 44.3. The van der Waals surface area contributed by atoms with Crippen molar-refractivity contribution in [2.24, 2.45) is 0 Å². The van der Waals surface area contributed by atoms with Gasteiger partial charge in [-0.05, 0) is 70.6 Å². The summed E-state index contributed by atoms with van der Waals surface area (Å²) in [5.41, 5.74) is 0. The van der Waals surface area contributed by atoms with Gasteiger partial charge in [0, 0.05) is 12.8 Å². The maximum Gasteiger partial charge on any atom is 0.306 e. The van der Waals surface area contributed by atoms with Crippen molar-refractivity contribution in [2.75, 3.05) is 47.5 Å². The van der Waals surface area contributed by atoms with Crippen LogP contribution in [0, 0.1) is 0 Å². The molecule has 0 aliphatic rings.